The quantitative estimate of drug-likeness (QED) is 0.644. The standard InChI is InChI=1S/C8H8FNO/c1-6-3-2-4-7(9)8(6)10-5-11/h2-5H,1H3,(H,10,11). The maximum absolute atomic E-state index is 12.8. The van der Waals surface area contributed by atoms with Crippen LogP contribution in [0.2, 0.25) is 0 Å². The summed E-state index contributed by atoms with van der Waals surface area (Å²) in [5.74, 6) is -0.405. The van der Waals surface area contributed by atoms with Gasteiger partial charge in [0.25, 0.3) is 0 Å². The summed E-state index contributed by atoms with van der Waals surface area (Å²) in [6, 6.07) is 4.63. The summed E-state index contributed by atoms with van der Waals surface area (Å²) in [6.07, 6.45) is 0.464. The molecule has 0 spiro atoms. The Bertz CT molecular complexity index is 253. The first-order valence-electron chi connectivity index (χ1n) is 3.21. The van der Waals surface area contributed by atoms with Gasteiger partial charge in [0.05, 0.1) is 5.69 Å². The van der Waals surface area contributed by atoms with Gasteiger partial charge in [-0.15, -0.1) is 0 Å². The molecule has 1 aromatic rings. The normalized spacial score (nSPS) is 9.27. The molecule has 0 heterocycles. The summed E-state index contributed by atoms with van der Waals surface area (Å²) < 4.78 is 12.8. The molecular weight excluding hydrogens is 145 g/mol. The van der Waals surface area contributed by atoms with Crippen LogP contribution in [0.4, 0.5) is 10.1 Å². The van der Waals surface area contributed by atoms with Gasteiger partial charge in [-0.3, -0.25) is 4.79 Å². The number of carbonyl (C=O) groups excluding carboxylic acids is 1. The van der Waals surface area contributed by atoms with Crippen molar-refractivity contribution in [1.29, 1.82) is 0 Å². The molecule has 1 N–H and O–H groups in total. The zero-order chi connectivity index (χ0) is 8.27. The number of benzene rings is 1. The topological polar surface area (TPSA) is 29.1 Å². The van der Waals surface area contributed by atoms with Crippen LogP contribution in [-0.4, -0.2) is 6.41 Å². The molecule has 3 heteroatoms. The van der Waals surface area contributed by atoms with Crippen molar-refractivity contribution in [2.45, 2.75) is 6.92 Å². The second kappa shape index (κ2) is 3.14. The van der Waals surface area contributed by atoms with Crippen LogP contribution in [0.15, 0.2) is 18.2 Å². The van der Waals surface area contributed by atoms with Gasteiger partial charge in [-0.2, -0.15) is 0 Å². The molecule has 0 aliphatic carbocycles. The molecule has 1 aromatic carbocycles. The van der Waals surface area contributed by atoms with E-state index in [1.165, 1.54) is 6.07 Å². The first-order valence-corrected chi connectivity index (χ1v) is 3.21. The molecule has 0 fully saturated rings. The molecule has 0 radical (unpaired) electrons. The smallest absolute Gasteiger partial charge is 0.211 e. The Morgan fingerprint density at radius 1 is 1.55 bits per heavy atom. The summed E-state index contributed by atoms with van der Waals surface area (Å²) in [4.78, 5) is 10.0. The van der Waals surface area contributed by atoms with E-state index in [0.717, 1.165) is 5.56 Å². The Hall–Kier alpha value is -1.38. The molecule has 0 saturated heterocycles. The molecule has 1 rings (SSSR count). The fourth-order valence-corrected chi connectivity index (χ4v) is 0.874. The first kappa shape index (κ1) is 7.72. The van der Waals surface area contributed by atoms with Gasteiger partial charge in [-0.25, -0.2) is 4.39 Å². The highest BCUT2D eigenvalue weighted by Crippen LogP contribution is 2.17. The predicted octanol–water partition coefficient (Wildman–Crippen LogP) is 1.70. The van der Waals surface area contributed by atoms with E-state index in [-0.39, 0.29) is 5.69 Å². The van der Waals surface area contributed by atoms with Gasteiger partial charge >= 0.3 is 0 Å². The van der Waals surface area contributed by atoms with Crippen LogP contribution in [0.5, 0.6) is 0 Å². The van der Waals surface area contributed by atoms with E-state index in [4.69, 9.17) is 0 Å². The van der Waals surface area contributed by atoms with E-state index in [0.29, 0.717) is 6.41 Å². The van der Waals surface area contributed by atoms with Crippen LogP contribution in [0, 0.1) is 12.7 Å². The summed E-state index contributed by atoms with van der Waals surface area (Å²) in [5, 5.41) is 2.29. The summed E-state index contributed by atoms with van der Waals surface area (Å²) in [6.45, 7) is 1.73. The lowest BCUT2D eigenvalue weighted by Gasteiger charge is -2.03. The van der Waals surface area contributed by atoms with Gasteiger partial charge in [0.1, 0.15) is 5.82 Å². The Labute approximate surface area is 64.0 Å². The lowest BCUT2D eigenvalue weighted by molar-refractivity contribution is -0.105. The second-order valence-corrected chi connectivity index (χ2v) is 2.19. The second-order valence-electron chi connectivity index (χ2n) is 2.19. The average Bonchev–Trinajstić information content (AvgIpc) is 1.97. The molecule has 0 saturated carbocycles. The minimum absolute atomic E-state index is 0.252. The molecule has 58 valence electrons. The third-order valence-electron chi connectivity index (χ3n) is 1.43. The number of nitrogens with one attached hydrogen (secondary N) is 1. The zero-order valence-corrected chi connectivity index (χ0v) is 6.10. The van der Waals surface area contributed by atoms with Gasteiger partial charge in [0.2, 0.25) is 6.41 Å². The monoisotopic (exact) mass is 153 g/mol. The van der Waals surface area contributed by atoms with E-state index >= 15 is 0 Å². The van der Waals surface area contributed by atoms with Crippen LogP contribution in [-0.2, 0) is 4.79 Å². The van der Waals surface area contributed by atoms with Gasteiger partial charge in [0, 0.05) is 0 Å². The third-order valence-corrected chi connectivity index (χ3v) is 1.43. The van der Waals surface area contributed by atoms with Crippen LogP contribution in [0.25, 0.3) is 0 Å². The molecule has 0 aliphatic heterocycles. The summed E-state index contributed by atoms with van der Waals surface area (Å²) in [7, 11) is 0. The number of amides is 1. The van der Waals surface area contributed by atoms with Crippen molar-refractivity contribution in [3.05, 3.63) is 29.6 Å². The highest BCUT2D eigenvalue weighted by molar-refractivity contribution is 5.73. The molecule has 0 aliphatic rings. The first-order chi connectivity index (χ1) is 5.25. The van der Waals surface area contributed by atoms with Crippen molar-refractivity contribution >= 4 is 12.1 Å². The minimum atomic E-state index is -0.405. The minimum Gasteiger partial charge on any atom is -0.326 e. The van der Waals surface area contributed by atoms with Crippen molar-refractivity contribution in [2.75, 3.05) is 5.32 Å². The van der Waals surface area contributed by atoms with Gasteiger partial charge in [0.15, 0.2) is 0 Å². The highest BCUT2D eigenvalue weighted by atomic mass is 19.1. The lowest BCUT2D eigenvalue weighted by Crippen LogP contribution is -1.98. The Morgan fingerprint density at radius 2 is 2.27 bits per heavy atom. The zero-order valence-electron chi connectivity index (χ0n) is 6.10. The van der Waals surface area contributed by atoms with Gasteiger partial charge in [-0.05, 0) is 18.6 Å². The van der Waals surface area contributed by atoms with Crippen molar-refractivity contribution in [3.63, 3.8) is 0 Å². The fraction of sp³-hybridized carbons (Fsp3) is 0.125. The maximum Gasteiger partial charge on any atom is 0.211 e. The molecule has 0 aromatic heterocycles. The van der Waals surface area contributed by atoms with E-state index < -0.39 is 5.82 Å². The predicted molar refractivity (Wildman–Crippen MR) is 40.8 cm³/mol. The number of hydrogen-bond donors (Lipinski definition) is 1. The van der Waals surface area contributed by atoms with E-state index in [1.807, 2.05) is 0 Å². The fourth-order valence-electron chi connectivity index (χ4n) is 0.874. The molecule has 2 nitrogen and oxygen atoms in total. The van der Waals surface area contributed by atoms with Crippen LogP contribution in [0.3, 0.4) is 0 Å². The lowest BCUT2D eigenvalue weighted by atomic mass is 10.2. The summed E-state index contributed by atoms with van der Waals surface area (Å²) in [5.41, 5.74) is 0.972. The van der Waals surface area contributed by atoms with E-state index in [2.05, 4.69) is 5.32 Å². The van der Waals surface area contributed by atoms with Crippen molar-refractivity contribution in [1.82, 2.24) is 0 Å². The molecule has 1 amide bonds. The van der Waals surface area contributed by atoms with Crippen molar-refractivity contribution in [3.8, 4) is 0 Å². The van der Waals surface area contributed by atoms with Gasteiger partial charge in [-0.1, -0.05) is 12.1 Å². The molecule has 0 bridgehead atoms. The number of carbonyl (C=O) groups is 1. The number of anilines is 1. The summed E-state index contributed by atoms with van der Waals surface area (Å²) >= 11 is 0. The van der Waals surface area contributed by atoms with Gasteiger partial charge < -0.3 is 5.32 Å². The molecule has 11 heavy (non-hydrogen) atoms. The number of aryl methyl sites for hydroxylation is 1. The van der Waals surface area contributed by atoms with Crippen molar-refractivity contribution in [2.24, 2.45) is 0 Å². The van der Waals surface area contributed by atoms with Crippen molar-refractivity contribution < 1.29 is 9.18 Å². The maximum atomic E-state index is 12.8. The molecule has 0 unspecified atom stereocenters. The number of rotatable bonds is 2. The van der Waals surface area contributed by atoms with E-state index in [9.17, 15) is 9.18 Å². The Balaban J connectivity index is 3.09. The Kier molecular flexibility index (Phi) is 2.21. The molecule has 0 atom stereocenters. The van der Waals surface area contributed by atoms with Crippen LogP contribution < -0.4 is 5.32 Å². The van der Waals surface area contributed by atoms with E-state index in [1.54, 1.807) is 19.1 Å². The SMILES string of the molecule is Cc1cccc(F)c1NC=O. The van der Waals surface area contributed by atoms with Crippen LogP contribution >= 0.6 is 0 Å². The highest BCUT2D eigenvalue weighted by Gasteiger charge is 2.01. The third kappa shape index (κ3) is 1.55. The number of halogens is 1. The largest absolute Gasteiger partial charge is 0.326 e. The molecular formula is C8H8FNO. The van der Waals surface area contributed by atoms with Crippen LogP contribution in [0.1, 0.15) is 5.56 Å². The number of para-hydroxylation sites is 1. The number of hydrogen-bond acceptors (Lipinski definition) is 1. The Morgan fingerprint density at radius 3 is 2.82 bits per heavy atom. The average molecular weight is 153 g/mol.